The largest absolute Gasteiger partial charge is 0.480 e. The van der Waals surface area contributed by atoms with Crippen molar-refractivity contribution < 1.29 is 19.8 Å². The minimum Gasteiger partial charge on any atom is -0.480 e. The van der Waals surface area contributed by atoms with Crippen molar-refractivity contribution in [3.05, 3.63) is 48.1 Å². The number of hydrogen-bond donors (Lipinski definition) is 2. The second-order valence-corrected chi connectivity index (χ2v) is 5.84. The van der Waals surface area contributed by atoms with Gasteiger partial charge in [-0.3, -0.25) is 9.59 Å². The lowest BCUT2D eigenvalue weighted by atomic mass is 9.56. The molecule has 0 fully saturated rings. The summed E-state index contributed by atoms with van der Waals surface area (Å²) in [4.78, 5) is 24.8. The Morgan fingerprint density at radius 2 is 1.38 bits per heavy atom. The maximum Gasteiger partial charge on any atom is 0.319 e. The number of aliphatic carboxylic acids is 2. The van der Waals surface area contributed by atoms with E-state index in [9.17, 15) is 19.8 Å². The fraction of sp³-hybridized carbons (Fsp3) is 0.500. The van der Waals surface area contributed by atoms with E-state index < -0.39 is 22.8 Å². The van der Waals surface area contributed by atoms with Gasteiger partial charge in [-0.2, -0.15) is 0 Å². The number of carbonyl (C=O) groups is 2. The van der Waals surface area contributed by atoms with Gasteiger partial charge in [0.2, 0.25) is 0 Å². The van der Waals surface area contributed by atoms with Gasteiger partial charge in [0, 0.05) is 0 Å². The number of rotatable bonds is 9. The summed E-state index contributed by atoms with van der Waals surface area (Å²) >= 11 is 0. The van der Waals surface area contributed by atoms with E-state index in [0.717, 1.165) is 0 Å². The summed E-state index contributed by atoms with van der Waals surface area (Å²) in [7, 11) is 0. The fourth-order valence-electron chi connectivity index (χ4n) is 3.37. The monoisotopic (exact) mass is 334 g/mol. The smallest absolute Gasteiger partial charge is 0.319 e. The third-order valence-corrected chi connectivity index (χ3v) is 4.53. The normalized spacial score (nSPS) is 19.5. The summed E-state index contributed by atoms with van der Waals surface area (Å²) in [5.41, 5.74) is -2.81. The molecule has 134 valence electrons. The molecule has 2 N–H and O–H groups in total. The lowest BCUT2D eigenvalue weighted by molar-refractivity contribution is -0.159. The molecule has 0 aliphatic rings. The van der Waals surface area contributed by atoms with Crippen LogP contribution in [0, 0.1) is 16.7 Å². The van der Waals surface area contributed by atoms with Crippen molar-refractivity contribution in [1.82, 2.24) is 0 Å². The molecule has 0 amide bonds. The molecule has 0 aromatic rings. The van der Waals surface area contributed by atoms with Crippen molar-refractivity contribution in [2.24, 2.45) is 16.7 Å². The van der Waals surface area contributed by atoms with Gasteiger partial charge in [0.15, 0.2) is 0 Å². The second-order valence-electron chi connectivity index (χ2n) is 5.84. The molecule has 0 bridgehead atoms. The van der Waals surface area contributed by atoms with Crippen LogP contribution in [0.5, 0.6) is 0 Å². The fourth-order valence-corrected chi connectivity index (χ4v) is 3.37. The topological polar surface area (TPSA) is 74.6 Å². The summed E-state index contributed by atoms with van der Waals surface area (Å²) in [5.74, 6) is -2.44. The third-order valence-electron chi connectivity index (χ3n) is 4.53. The summed E-state index contributed by atoms with van der Waals surface area (Å²) in [6, 6.07) is 0. The van der Waals surface area contributed by atoms with Crippen LogP contribution in [0.4, 0.5) is 0 Å². The highest BCUT2D eigenvalue weighted by atomic mass is 16.4. The molecule has 4 heteroatoms. The minimum atomic E-state index is -1.71. The van der Waals surface area contributed by atoms with Gasteiger partial charge in [-0.25, -0.2) is 0 Å². The number of carboxylic acids is 2. The van der Waals surface area contributed by atoms with Crippen molar-refractivity contribution in [1.29, 1.82) is 0 Å². The molecule has 0 aliphatic carbocycles. The second kappa shape index (κ2) is 9.26. The molecule has 0 saturated carbocycles. The van der Waals surface area contributed by atoms with Gasteiger partial charge in [0.1, 0.15) is 10.8 Å². The lowest BCUT2D eigenvalue weighted by Crippen LogP contribution is -2.51. The molecule has 0 saturated heterocycles. The predicted octanol–water partition coefficient (Wildman–Crippen LogP) is 4.85. The van der Waals surface area contributed by atoms with Crippen LogP contribution < -0.4 is 0 Å². The Labute approximate surface area is 145 Å². The van der Waals surface area contributed by atoms with Crippen LogP contribution in [0.25, 0.3) is 0 Å². The van der Waals surface area contributed by atoms with Crippen LogP contribution in [0.1, 0.15) is 48.0 Å². The zero-order valence-corrected chi connectivity index (χ0v) is 15.5. The van der Waals surface area contributed by atoms with Gasteiger partial charge in [0.05, 0.1) is 0 Å². The summed E-state index contributed by atoms with van der Waals surface area (Å²) in [6.07, 6.45) is 11.7. The average Bonchev–Trinajstić information content (AvgIpc) is 2.53. The first kappa shape index (κ1) is 21.9. The van der Waals surface area contributed by atoms with E-state index in [2.05, 4.69) is 0 Å². The quantitative estimate of drug-likeness (QED) is 0.591. The Morgan fingerprint density at radius 1 is 0.917 bits per heavy atom. The first-order valence-corrected chi connectivity index (χ1v) is 8.30. The summed E-state index contributed by atoms with van der Waals surface area (Å²) in [6.45, 7) is 10.8. The Morgan fingerprint density at radius 3 is 1.62 bits per heavy atom. The van der Waals surface area contributed by atoms with Crippen LogP contribution >= 0.6 is 0 Å². The maximum atomic E-state index is 12.5. The Hall–Kier alpha value is -2.10. The van der Waals surface area contributed by atoms with Crippen molar-refractivity contribution in [3.63, 3.8) is 0 Å². The molecular weight excluding hydrogens is 304 g/mol. The number of allylic oxidation sites excluding steroid dienone is 4. The zero-order valence-electron chi connectivity index (χ0n) is 15.5. The summed E-state index contributed by atoms with van der Waals surface area (Å²) in [5, 5.41) is 20.3. The van der Waals surface area contributed by atoms with Crippen LogP contribution in [0.2, 0.25) is 0 Å². The highest BCUT2D eigenvalue weighted by Crippen LogP contribution is 2.52. The van der Waals surface area contributed by atoms with Gasteiger partial charge in [-0.1, -0.05) is 56.4 Å². The van der Waals surface area contributed by atoms with Crippen LogP contribution in [0.3, 0.4) is 0 Å². The van der Waals surface area contributed by atoms with Crippen molar-refractivity contribution in [2.45, 2.75) is 48.0 Å². The van der Waals surface area contributed by atoms with Crippen molar-refractivity contribution in [3.8, 4) is 0 Å². The summed E-state index contributed by atoms with van der Waals surface area (Å²) < 4.78 is 0. The molecule has 4 nitrogen and oxygen atoms in total. The highest BCUT2D eigenvalue weighted by Gasteiger charge is 2.59. The van der Waals surface area contributed by atoms with Gasteiger partial charge >= 0.3 is 11.9 Å². The van der Waals surface area contributed by atoms with E-state index in [-0.39, 0.29) is 5.92 Å². The van der Waals surface area contributed by atoms with Gasteiger partial charge in [-0.15, -0.1) is 0 Å². The lowest BCUT2D eigenvalue weighted by Gasteiger charge is -2.43. The van der Waals surface area contributed by atoms with E-state index in [1.807, 2.05) is 13.8 Å². The van der Waals surface area contributed by atoms with Gasteiger partial charge in [0.25, 0.3) is 0 Å². The van der Waals surface area contributed by atoms with E-state index >= 15 is 0 Å². The standard InChI is InChI=1S/C20H30O4/c1-7-12-19(13-8-2,17(21)22)20(14-9-3,18(23)24)16(11-5)15(6)10-4/h7-9,11-15H,10H2,1-6H3,(H,21,22)(H,23,24). The van der Waals surface area contributed by atoms with E-state index in [1.54, 1.807) is 52.0 Å². The zero-order chi connectivity index (χ0) is 19.0. The van der Waals surface area contributed by atoms with E-state index in [0.29, 0.717) is 12.0 Å². The maximum absolute atomic E-state index is 12.5. The number of hydrogen-bond acceptors (Lipinski definition) is 2. The van der Waals surface area contributed by atoms with Crippen LogP contribution in [-0.4, -0.2) is 22.2 Å². The highest BCUT2D eigenvalue weighted by molar-refractivity contribution is 5.94. The molecule has 0 aliphatic heterocycles. The Kier molecular flexibility index (Phi) is 8.45. The van der Waals surface area contributed by atoms with Crippen molar-refractivity contribution >= 4 is 11.9 Å². The molecule has 2 unspecified atom stereocenters. The van der Waals surface area contributed by atoms with Crippen molar-refractivity contribution in [2.75, 3.05) is 0 Å². The Bertz CT molecular complexity index is 554. The molecule has 2 atom stereocenters. The molecule has 0 aromatic carbocycles. The molecule has 0 rings (SSSR count). The molecular formula is C20H30O4. The average molecular weight is 334 g/mol. The number of carboxylic acid groups (broad SMARTS) is 2. The van der Waals surface area contributed by atoms with Gasteiger partial charge < -0.3 is 10.2 Å². The molecule has 24 heavy (non-hydrogen) atoms. The first-order chi connectivity index (χ1) is 11.2. The van der Waals surface area contributed by atoms with E-state index in [1.165, 1.54) is 18.2 Å². The minimum absolute atomic E-state index is 0.0727. The molecule has 0 heterocycles. The SMILES string of the molecule is CC=CC(C=CC)(C(=O)O)C(C=CC)(C(=O)O)C(=CC)C(C)CC. The first-order valence-electron chi connectivity index (χ1n) is 8.30. The molecule has 0 radical (unpaired) electrons. The van der Waals surface area contributed by atoms with Crippen LogP contribution in [0.15, 0.2) is 48.1 Å². The predicted molar refractivity (Wildman–Crippen MR) is 97.8 cm³/mol. The Balaban J connectivity index is 7.25. The molecule has 0 aromatic heterocycles. The molecule has 0 spiro atoms. The van der Waals surface area contributed by atoms with E-state index in [4.69, 9.17) is 0 Å². The van der Waals surface area contributed by atoms with Crippen LogP contribution in [-0.2, 0) is 9.59 Å². The van der Waals surface area contributed by atoms with Gasteiger partial charge in [-0.05, 0) is 45.6 Å². The third kappa shape index (κ3) is 3.53.